The van der Waals surface area contributed by atoms with E-state index in [1.54, 1.807) is 12.1 Å². The minimum Gasteiger partial charge on any atom is -0.504 e. The van der Waals surface area contributed by atoms with Gasteiger partial charge in [0.2, 0.25) is 6.73 Å². The summed E-state index contributed by atoms with van der Waals surface area (Å²) in [4.78, 5) is 18.2. The summed E-state index contributed by atoms with van der Waals surface area (Å²) in [7, 11) is 0. The number of nitrogens with zero attached hydrogens (tertiary/aromatic N) is 1. The van der Waals surface area contributed by atoms with Gasteiger partial charge in [-0.1, -0.05) is 86.8 Å². The number of quaternary nitrogens is 1. The first-order valence-electron chi connectivity index (χ1n) is 17.0. The number of phenols is 1. The molecule has 47 heavy (non-hydrogen) atoms. The Morgan fingerprint density at radius 1 is 1.02 bits per heavy atom. The summed E-state index contributed by atoms with van der Waals surface area (Å²) in [5.74, 6) is 0.531. The number of phenolic OH excluding ortho intramolecular Hbond substituents is 1. The number of hydrogen-bond acceptors (Lipinski definition) is 7. The molecular weight excluding hydrogens is 588 g/mol. The summed E-state index contributed by atoms with van der Waals surface area (Å²) in [6.45, 7) is 4.02. The average molecular weight is 638 g/mol. The highest BCUT2D eigenvalue weighted by Crippen LogP contribution is 2.28. The van der Waals surface area contributed by atoms with Crippen LogP contribution in [-0.2, 0) is 24.1 Å². The van der Waals surface area contributed by atoms with Crippen LogP contribution < -0.4 is 20.7 Å². The molecule has 0 spiro atoms. The lowest BCUT2D eigenvalue weighted by Gasteiger charge is -2.16. The molecule has 0 bridgehead atoms. The van der Waals surface area contributed by atoms with Crippen LogP contribution in [0.2, 0.25) is 0 Å². The maximum absolute atomic E-state index is 12.4. The van der Waals surface area contributed by atoms with Crippen LogP contribution in [0.15, 0.2) is 101 Å². The molecule has 0 saturated heterocycles. The number of ketones is 1. The Labute approximate surface area is 278 Å². The Morgan fingerprint density at radius 3 is 2.68 bits per heavy atom. The Balaban J connectivity index is 1.10. The molecule has 3 aromatic carbocycles. The topological polar surface area (TPSA) is 122 Å². The van der Waals surface area contributed by atoms with Crippen molar-refractivity contribution in [3.8, 4) is 11.5 Å². The number of carbonyl (C=O) groups is 1. The predicted octanol–water partition coefficient (Wildman–Crippen LogP) is 4.71. The first-order valence-corrected chi connectivity index (χ1v) is 17.0. The number of allylic oxidation sites excluding steroid dienone is 1. The monoisotopic (exact) mass is 637 g/mol. The number of aryl methyl sites for hydroxylation is 1. The number of ether oxygens (including phenoxy) is 1. The van der Waals surface area contributed by atoms with E-state index < -0.39 is 6.10 Å². The molecule has 6 N–H and O–H groups in total. The second-order valence-electron chi connectivity index (χ2n) is 12.7. The molecule has 2 heterocycles. The number of fused-ring (bicyclic) bond motifs is 1. The van der Waals surface area contributed by atoms with E-state index >= 15 is 0 Å². The van der Waals surface area contributed by atoms with Crippen LogP contribution in [-0.4, -0.2) is 48.1 Å². The van der Waals surface area contributed by atoms with Crippen molar-refractivity contribution >= 4 is 12.0 Å². The molecule has 248 valence electrons. The first-order chi connectivity index (χ1) is 22.9. The fourth-order valence-corrected chi connectivity index (χ4v) is 6.14. The molecule has 2 aliphatic heterocycles. The zero-order valence-corrected chi connectivity index (χ0v) is 27.5. The van der Waals surface area contributed by atoms with Crippen molar-refractivity contribution < 1.29 is 24.6 Å². The van der Waals surface area contributed by atoms with E-state index in [4.69, 9.17) is 10.5 Å². The number of hydrogen-bond donors (Lipinski definition) is 5. The van der Waals surface area contributed by atoms with E-state index in [0.29, 0.717) is 31.7 Å². The molecule has 3 atom stereocenters. The lowest BCUT2D eigenvalue weighted by atomic mass is 9.99. The fourth-order valence-electron chi connectivity index (χ4n) is 6.14. The summed E-state index contributed by atoms with van der Waals surface area (Å²) < 4.78 is 6.06. The second kappa shape index (κ2) is 17.2. The molecule has 5 rings (SSSR count). The van der Waals surface area contributed by atoms with Gasteiger partial charge in [0.05, 0.1) is 12.3 Å². The standard InChI is InChI=1S/C39H48N4O4/c1-2-3-5-13-33(44)23-34(45)16-14-29-15-17-37(46)38(22-29)47-27-43-25-35-32(24-42-36(35)26-43)21-30-11-8-12-31(20-30)39(40)41-19-18-28-9-6-4-7-10-28/h4,6-12,15,17,20,22,24,26,33,39,41,44,46H,2-3,5,13-14,16,18-19,21,23,25,27,40H2,1H3/p+1. The van der Waals surface area contributed by atoms with Crippen molar-refractivity contribution in [1.29, 1.82) is 0 Å². The zero-order chi connectivity index (χ0) is 33.0. The van der Waals surface area contributed by atoms with Gasteiger partial charge < -0.3 is 20.7 Å². The maximum Gasteiger partial charge on any atom is 0.227 e. The third-order valence-electron chi connectivity index (χ3n) is 8.86. The van der Waals surface area contributed by atoms with Gasteiger partial charge >= 0.3 is 0 Å². The lowest BCUT2D eigenvalue weighted by Crippen LogP contribution is -3.07. The van der Waals surface area contributed by atoms with Gasteiger partial charge in [-0.3, -0.25) is 20.0 Å². The summed E-state index contributed by atoms with van der Waals surface area (Å²) in [6, 6.07) is 24.1. The van der Waals surface area contributed by atoms with Gasteiger partial charge in [-0.05, 0) is 65.6 Å². The molecule has 8 heteroatoms. The highest BCUT2D eigenvalue weighted by Gasteiger charge is 2.29. The number of nitrogens with one attached hydrogen (secondary N) is 2. The number of Topliss-reactive ketones (excluding diaryl/α,β-unsaturated/α-hetero) is 1. The third kappa shape index (κ3) is 10.2. The number of carbonyl (C=O) groups excluding carboxylic acids is 1. The van der Waals surface area contributed by atoms with E-state index in [2.05, 4.69) is 72.0 Å². The lowest BCUT2D eigenvalue weighted by molar-refractivity contribution is -0.855. The molecular formula is C39H49N4O4+. The minimum atomic E-state index is -0.564. The van der Waals surface area contributed by atoms with Gasteiger partial charge in [0, 0.05) is 31.2 Å². The number of unbranched alkanes of at least 4 members (excludes halogenated alkanes) is 2. The number of nitrogens with two attached hydrogens (primary N) is 1. The molecule has 3 aromatic rings. The number of aliphatic hydroxyl groups excluding tert-OH is 1. The number of rotatable bonds is 19. The Hall–Kier alpha value is -4.08. The summed E-state index contributed by atoms with van der Waals surface area (Å²) in [5, 5.41) is 24.0. The van der Waals surface area contributed by atoms with Gasteiger partial charge in [-0.2, -0.15) is 0 Å². The van der Waals surface area contributed by atoms with Crippen molar-refractivity contribution in [2.24, 2.45) is 10.7 Å². The fraction of sp³-hybridized carbons (Fsp3) is 0.385. The smallest absolute Gasteiger partial charge is 0.227 e. The van der Waals surface area contributed by atoms with Gasteiger partial charge in [-0.15, -0.1) is 0 Å². The molecule has 0 aromatic heterocycles. The van der Waals surface area contributed by atoms with Gasteiger partial charge in [0.25, 0.3) is 0 Å². The second-order valence-corrected chi connectivity index (χ2v) is 12.7. The van der Waals surface area contributed by atoms with E-state index in [-0.39, 0.29) is 24.1 Å². The largest absolute Gasteiger partial charge is 0.504 e. The van der Waals surface area contributed by atoms with Crippen LogP contribution >= 0.6 is 0 Å². The van der Waals surface area contributed by atoms with Crippen LogP contribution in [0.1, 0.15) is 73.9 Å². The van der Waals surface area contributed by atoms with Crippen molar-refractivity contribution in [2.45, 2.75) is 77.0 Å². The maximum atomic E-state index is 12.4. The number of aromatic hydroxyl groups is 1. The molecule has 0 radical (unpaired) electrons. The molecule has 0 saturated carbocycles. The third-order valence-corrected chi connectivity index (χ3v) is 8.86. The molecule has 3 unspecified atom stereocenters. The first kappa shape index (κ1) is 34.3. The summed E-state index contributed by atoms with van der Waals surface area (Å²) in [6.07, 6.45) is 9.81. The Kier molecular flexibility index (Phi) is 12.5. The highest BCUT2D eigenvalue weighted by molar-refractivity contribution is 5.87. The number of benzene rings is 3. The minimum absolute atomic E-state index is 0.0546. The van der Waals surface area contributed by atoms with Crippen molar-refractivity contribution in [3.63, 3.8) is 0 Å². The molecule has 0 fully saturated rings. The van der Waals surface area contributed by atoms with Crippen LogP contribution in [0.3, 0.4) is 0 Å². The van der Waals surface area contributed by atoms with Gasteiger partial charge in [0.1, 0.15) is 24.2 Å². The molecule has 8 nitrogen and oxygen atoms in total. The SMILES string of the molecule is CCCCCC(O)CC(=O)CCc1ccc(O)c(OC[NH+]2C=C3N=CC(Cc4cccc(C(N)NCCc5ccccc5)c4)=C3C2)c1. The zero-order valence-electron chi connectivity index (χ0n) is 27.5. The van der Waals surface area contributed by atoms with Crippen LogP contribution in [0.5, 0.6) is 11.5 Å². The normalized spacial score (nSPS) is 16.7. The van der Waals surface area contributed by atoms with E-state index in [0.717, 1.165) is 66.9 Å². The molecule has 0 aliphatic carbocycles. The number of aliphatic hydroxyl groups is 1. The van der Waals surface area contributed by atoms with Gasteiger partial charge in [0.15, 0.2) is 11.5 Å². The Morgan fingerprint density at radius 2 is 1.85 bits per heavy atom. The van der Waals surface area contributed by atoms with Crippen LogP contribution in [0, 0.1) is 0 Å². The molecule has 0 amide bonds. The van der Waals surface area contributed by atoms with Gasteiger partial charge in [-0.25, -0.2) is 0 Å². The summed E-state index contributed by atoms with van der Waals surface area (Å²) in [5.41, 5.74) is 14.3. The quantitative estimate of drug-likeness (QED) is 0.0959. The van der Waals surface area contributed by atoms with E-state index in [1.807, 2.05) is 18.3 Å². The predicted molar refractivity (Wildman–Crippen MR) is 186 cm³/mol. The van der Waals surface area contributed by atoms with Crippen molar-refractivity contribution in [3.05, 3.63) is 118 Å². The Bertz CT molecular complexity index is 1580. The highest BCUT2D eigenvalue weighted by atomic mass is 16.5. The van der Waals surface area contributed by atoms with E-state index in [9.17, 15) is 15.0 Å². The summed E-state index contributed by atoms with van der Waals surface area (Å²) >= 11 is 0. The average Bonchev–Trinajstić information content (AvgIpc) is 3.65. The molecule has 2 aliphatic rings. The van der Waals surface area contributed by atoms with Crippen molar-refractivity contribution in [2.75, 3.05) is 19.8 Å². The van der Waals surface area contributed by atoms with E-state index in [1.165, 1.54) is 22.3 Å². The number of aliphatic imine (C=N–C) groups is 1. The van der Waals surface area contributed by atoms with Crippen LogP contribution in [0.25, 0.3) is 0 Å². The van der Waals surface area contributed by atoms with Crippen LogP contribution in [0.4, 0.5) is 0 Å². The van der Waals surface area contributed by atoms with Crippen molar-refractivity contribution in [1.82, 2.24) is 5.32 Å².